The van der Waals surface area contributed by atoms with Crippen LogP contribution in [0.3, 0.4) is 0 Å². The monoisotopic (exact) mass is 310 g/mol. The molecule has 17 heavy (non-hydrogen) atoms. The largest absolute Gasteiger partial charge is 0.292 e. The van der Waals surface area contributed by atoms with E-state index in [0.717, 1.165) is 20.1 Å². The normalized spacial score (nSPS) is 10.5. The van der Waals surface area contributed by atoms with Crippen LogP contribution in [0.2, 0.25) is 0 Å². The molecule has 0 atom stereocenters. The molecule has 2 heterocycles. The SMILES string of the molecule is Cc1nc(CC(=O)c2ccc(Br)cn2)sc1C. The van der Waals surface area contributed by atoms with Crippen LogP contribution in [0, 0.1) is 13.8 Å². The molecule has 2 aromatic heterocycles. The molecule has 0 saturated heterocycles. The fraction of sp³-hybridized carbons (Fsp3) is 0.250. The molecule has 5 heteroatoms. The minimum absolute atomic E-state index is 0.00579. The highest BCUT2D eigenvalue weighted by molar-refractivity contribution is 9.10. The summed E-state index contributed by atoms with van der Waals surface area (Å²) in [5.41, 5.74) is 1.49. The van der Waals surface area contributed by atoms with E-state index in [-0.39, 0.29) is 5.78 Å². The van der Waals surface area contributed by atoms with Gasteiger partial charge < -0.3 is 0 Å². The second kappa shape index (κ2) is 5.06. The lowest BCUT2D eigenvalue weighted by Crippen LogP contribution is -2.05. The van der Waals surface area contributed by atoms with Gasteiger partial charge in [0.05, 0.1) is 12.1 Å². The number of aryl methyl sites for hydroxylation is 2. The third-order valence-electron chi connectivity index (χ3n) is 2.40. The van der Waals surface area contributed by atoms with E-state index >= 15 is 0 Å². The third-order valence-corrected chi connectivity index (χ3v) is 3.94. The summed E-state index contributed by atoms with van der Waals surface area (Å²) in [6, 6.07) is 3.54. The van der Waals surface area contributed by atoms with Gasteiger partial charge in [-0.2, -0.15) is 0 Å². The smallest absolute Gasteiger partial charge is 0.187 e. The van der Waals surface area contributed by atoms with Crippen molar-refractivity contribution in [2.24, 2.45) is 0 Å². The zero-order valence-electron chi connectivity index (χ0n) is 9.53. The maximum absolute atomic E-state index is 11.9. The number of carbonyl (C=O) groups is 1. The predicted molar refractivity (Wildman–Crippen MR) is 71.6 cm³/mol. The zero-order valence-corrected chi connectivity index (χ0v) is 11.9. The number of halogens is 1. The Bertz CT molecular complexity index is 529. The van der Waals surface area contributed by atoms with E-state index in [9.17, 15) is 4.79 Å². The lowest BCUT2D eigenvalue weighted by molar-refractivity contribution is 0.0988. The number of carbonyl (C=O) groups excluding carboxylic acids is 1. The maximum Gasteiger partial charge on any atom is 0.187 e. The fourth-order valence-corrected chi connectivity index (χ4v) is 2.55. The second-order valence-corrected chi connectivity index (χ2v) is 5.91. The lowest BCUT2D eigenvalue weighted by atomic mass is 10.2. The number of nitrogens with zero attached hydrogens (tertiary/aromatic N) is 2. The Morgan fingerprint density at radius 1 is 1.41 bits per heavy atom. The summed E-state index contributed by atoms with van der Waals surface area (Å²) in [6.07, 6.45) is 1.96. The molecule has 0 bridgehead atoms. The van der Waals surface area contributed by atoms with Crippen LogP contribution in [0.15, 0.2) is 22.8 Å². The van der Waals surface area contributed by atoms with Crippen LogP contribution in [-0.4, -0.2) is 15.8 Å². The Kier molecular flexibility index (Phi) is 3.69. The van der Waals surface area contributed by atoms with Crippen LogP contribution in [0.5, 0.6) is 0 Å². The number of Topliss-reactive ketones (excluding diaryl/α,β-unsaturated/α-hetero) is 1. The maximum atomic E-state index is 11.9. The van der Waals surface area contributed by atoms with Crippen molar-refractivity contribution in [3.05, 3.63) is 44.1 Å². The van der Waals surface area contributed by atoms with E-state index in [2.05, 4.69) is 25.9 Å². The average molecular weight is 311 g/mol. The van der Waals surface area contributed by atoms with Crippen molar-refractivity contribution in [2.75, 3.05) is 0 Å². The van der Waals surface area contributed by atoms with Crippen LogP contribution in [0.25, 0.3) is 0 Å². The minimum atomic E-state index is 0.00579. The number of aromatic nitrogens is 2. The average Bonchev–Trinajstić information content (AvgIpc) is 2.58. The molecule has 0 unspecified atom stereocenters. The first kappa shape index (κ1) is 12.4. The van der Waals surface area contributed by atoms with E-state index < -0.39 is 0 Å². The highest BCUT2D eigenvalue weighted by atomic mass is 79.9. The van der Waals surface area contributed by atoms with Gasteiger partial charge in [-0.15, -0.1) is 11.3 Å². The number of hydrogen-bond acceptors (Lipinski definition) is 4. The molecule has 3 nitrogen and oxygen atoms in total. The first-order valence-corrected chi connectivity index (χ1v) is 6.75. The standard InChI is InChI=1S/C12H11BrN2OS/c1-7-8(2)17-12(15-7)5-11(16)10-4-3-9(13)6-14-10/h3-4,6H,5H2,1-2H3. The van der Waals surface area contributed by atoms with Gasteiger partial charge in [-0.25, -0.2) is 4.98 Å². The van der Waals surface area contributed by atoms with Gasteiger partial charge in [-0.1, -0.05) is 0 Å². The number of hydrogen-bond donors (Lipinski definition) is 0. The van der Waals surface area contributed by atoms with Gasteiger partial charge in [0.15, 0.2) is 5.78 Å². The quantitative estimate of drug-likeness (QED) is 0.817. The summed E-state index contributed by atoms with van der Waals surface area (Å²) in [5.74, 6) is 0.00579. The Morgan fingerprint density at radius 3 is 2.71 bits per heavy atom. The van der Waals surface area contributed by atoms with E-state index in [1.54, 1.807) is 23.6 Å². The summed E-state index contributed by atoms with van der Waals surface area (Å²) in [6.45, 7) is 3.97. The van der Waals surface area contributed by atoms with Crippen molar-refractivity contribution in [1.82, 2.24) is 9.97 Å². The van der Waals surface area contributed by atoms with Gasteiger partial charge >= 0.3 is 0 Å². The molecule has 0 radical (unpaired) electrons. The van der Waals surface area contributed by atoms with Gasteiger partial charge in [0, 0.05) is 15.5 Å². The first-order valence-electron chi connectivity index (χ1n) is 5.14. The number of thiazole rings is 1. The van der Waals surface area contributed by atoms with E-state index in [1.807, 2.05) is 19.9 Å². The van der Waals surface area contributed by atoms with Crippen LogP contribution in [0.4, 0.5) is 0 Å². The summed E-state index contributed by atoms with van der Waals surface area (Å²) < 4.78 is 0.870. The van der Waals surface area contributed by atoms with E-state index in [1.165, 1.54) is 0 Å². The number of pyridine rings is 1. The van der Waals surface area contributed by atoms with Crippen LogP contribution in [0.1, 0.15) is 26.1 Å². The molecule has 0 aromatic carbocycles. The highest BCUT2D eigenvalue weighted by Gasteiger charge is 2.12. The van der Waals surface area contributed by atoms with Crippen molar-refractivity contribution in [3.63, 3.8) is 0 Å². The van der Waals surface area contributed by atoms with Crippen molar-refractivity contribution in [1.29, 1.82) is 0 Å². The Balaban J connectivity index is 2.14. The van der Waals surface area contributed by atoms with Crippen LogP contribution >= 0.6 is 27.3 Å². The topological polar surface area (TPSA) is 42.9 Å². The molecule has 0 spiro atoms. The molecule has 0 aliphatic carbocycles. The molecular formula is C12H11BrN2OS. The van der Waals surface area contributed by atoms with Gasteiger partial charge in [0.25, 0.3) is 0 Å². The Morgan fingerprint density at radius 2 is 2.18 bits per heavy atom. The molecule has 2 aromatic rings. The van der Waals surface area contributed by atoms with Crippen molar-refractivity contribution >= 4 is 33.0 Å². The van der Waals surface area contributed by atoms with E-state index in [0.29, 0.717) is 12.1 Å². The van der Waals surface area contributed by atoms with Crippen LogP contribution in [-0.2, 0) is 6.42 Å². The molecule has 0 saturated carbocycles. The highest BCUT2D eigenvalue weighted by Crippen LogP contribution is 2.18. The zero-order chi connectivity index (χ0) is 12.4. The van der Waals surface area contributed by atoms with Gasteiger partial charge in [0.2, 0.25) is 0 Å². The van der Waals surface area contributed by atoms with Gasteiger partial charge in [-0.05, 0) is 41.9 Å². The third kappa shape index (κ3) is 2.98. The van der Waals surface area contributed by atoms with Gasteiger partial charge in [-0.3, -0.25) is 9.78 Å². The summed E-state index contributed by atoms with van der Waals surface area (Å²) >= 11 is 4.86. The molecule has 0 aliphatic heterocycles. The molecule has 0 N–H and O–H groups in total. The fourth-order valence-electron chi connectivity index (χ4n) is 1.38. The molecular weight excluding hydrogens is 300 g/mol. The molecule has 0 fully saturated rings. The molecule has 0 aliphatic rings. The van der Waals surface area contributed by atoms with Crippen molar-refractivity contribution in [3.8, 4) is 0 Å². The van der Waals surface area contributed by atoms with Crippen molar-refractivity contribution in [2.45, 2.75) is 20.3 Å². The Hall–Kier alpha value is -1.07. The summed E-state index contributed by atoms with van der Waals surface area (Å²) in [4.78, 5) is 21.5. The second-order valence-electron chi connectivity index (χ2n) is 3.71. The first-order chi connectivity index (χ1) is 8.06. The molecule has 88 valence electrons. The van der Waals surface area contributed by atoms with Gasteiger partial charge in [0.1, 0.15) is 10.7 Å². The number of ketones is 1. The molecule has 0 amide bonds. The van der Waals surface area contributed by atoms with E-state index in [4.69, 9.17) is 0 Å². The molecule has 2 rings (SSSR count). The lowest BCUT2D eigenvalue weighted by Gasteiger charge is -1.97. The summed E-state index contributed by atoms with van der Waals surface area (Å²) in [7, 11) is 0. The predicted octanol–water partition coefficient (Wildman–Crippen LogP) is 3.34. The van der Waals surface area contributed by atoms with Crippen molar-refractivity contribution < 1.29 is 4.79 Å². The number of rotatable bonds is 3. The summed E-state index contributed by atoms with van der Waals surface area (Å²) in [5, 5.41) is 0.856. The Labute approximate surface area is 112 Å². The van der Waals surface area contributed by atoms with Crippen LogP contribution < -0.4 is 0 Å². The minimum Gasteiger partial charge on any atom is -0.292 e.